The standard InChI is InChI=1S/C15H19NO4S/c1-20-8-4-6-12(15(18)19)16-14(17)11-9-21-13-7-3-2-5-10(11)13/h2-3,5,7,11-12H,4,6,8-9H2,1H3,(H,16,17)(H,18,19). The van der Waals surface area contributed by atoms with Crippen molar-refractivity contribution in [2.45, 2.75) is 29.7 Å². The van der Waals surface area contributed by atoms with Crippen molar-refractivity contribution in [3.63, 3.8) is 0 Å². The number of carbonyl (C=O) groups excluding carboxylic acids is 1. The quantitative estimate of drug-likeness (QED) is 0.752. The zero-order chi connectivity index (χ0) is 15.2. The Bertz CT molecular complexity index is 520. The average Bonchev–Trinajstić information content (AvgIpc) is 2.90. The van der Waals surface area contributed by atoms with E-state index in [1.165, 1.54) is 0 Å². The summed E-state index contributed by atoms with van der Waals surface area (Å²) >= 11 is 1.63. The molecule has 0 saturated heterocycles. The molecule has 0 radical (unpaired) electrons. The van der Waals surface area contributed by atoms with Crippen molar-refractivity contribution in [1.29, 1.82) is 0 Å². The van der Waals surface area contributed by atoms with Crippen LogP contribution in [0, 0.1) is 0 Å². The van der Waals surface area contributed by atoms with Crippen LogP contribution in [-0.4, -0.2) is 42.5 Å². The largest absolute Gasteiger partial charge is 0.480 e. The molecule has 2 unspecified atom stereocenters. The third kappa shape index (κ3) is 3.98. The predicted octanol–water partition coefficient (Wildman–Crippen LogP) is 1.87. The minimum absolute atomic E-state index is 0.211. The molecule has 5 nitrogen and oxygen atoms in total. The highest BCUT2D eigenvalue weighted by molar-refractivity contribution is 7.99. The van der Waals surface area contributed by atoms with Gasteiger partial charge >= 0.3 is 5.97 Å². The highest BCUT2D eigenvalue weighted by Gasteiger charge is 2.31. The van der Waals surface area contributed by atoms with Crippen LogP contribution in [0.4, 0.5) is 0 Å². The van der Waals surface area contributed by atoms with Gasteiger partial charge in [-0.15, -0.1) is 11.8 Å². The second-order valence-electron chi connectivity index (χ2n) is 4.94. The molecule has 2 atom stereocenters. The number of ether oxygens (including phenoxy) is 1. The first kappa shape index (κ1) is 15.9. The summed E-state index contributed by atoms with van der Waals surface area (Å²) in [5, 5.41) is 11.8. The van der Waals surface area contributed by atoms with Crippen molar-refractivity contribution in [2.24, 2.45) is 0 Å². The number of rotatable bonds is 7. The van der Waals surface area contributed by atoms with Gasteiger partial charge in [-0.1, -0.05) is 18.2 Å². The van der Waals surface area contributed by atoms with E-state index in [2.05, 4.69) is 5.32 Å². The topological polar surface area (TPSA) is 75.6 Å². The van der Waals surface area contributed by atoms with E-state index < -0.39 is 12.0 Å². The molecule has 0 aromatic heterocycles. The number of nitrogens with one attached hydrogen (secondary N) is 1. The van der Waals surface area contributed by atoms with Crippen LogP contribution in [0.25, 0.3) is 0 Å². The Balaban J connectivity index is 1.98. The third-order valence-electron chi connectivity index (χ3n) is 3.47. The highest BCUT2D eigenvalue weighted by atomic mass is 32.2. The first-order valence-corrected chi connectivity index (χ1v) is 7.86. The maximum absolute atomic E-state index is 12.3. The molecule has 1 heterocycles. The molecule has 114 valence electrons. The van der Waals surface area contributed by atoms with E-state index in [1.807, 2.05) is 24.3 Å². The lowest BCUT2D eigenvalue weighted by molar-refractivity contribution is -0.142. The predicted molar refractivity (Wildman–Crippen MR) is 80.6 cm³/mol. The monoisotopic (exact) mass is 309 g/mol. The fourth-order valence-corrected chi connectivity index (χ4v) is 3.57. The van der Waals surface area contributed by atoms with Crippen LogP contribution in [0.5, 0.6) is 0 Å². The summed E-state index contributed by atoms with van der Waals surface area (Å²) in [5.74, 6) is -0.818. The van der Waals surface area contributed by atoms with Gasteiger partial charge in [-0.25, -0.2) is 4.79 Å². The number of methoxy groups -OCH3 is 1. The molecule has 21 heavy (non-hydrogen) atoms. The number of hydrogen-bond donors (Lipinski definition) is 2. The first-order valence-electron chi connectivity index (χ1n) is 6.87. The molecule has 0 saturated carbocycles. The van der Waals surface area contributed by atoms with E-state index in [0.717, 1.165) is 10.5 Å². The maximum atomic E-state index is 12.3. The van der Waals surface area contributed by atoms with Crippen molar-refractivity contribution in [1.82, 2.24) is 5.32 Å². The number of carboxylic acids is 1. The smallest absolute Gasteiger partial charge is 0.326 e. The fourth-order valence-electron chi connectivity index (χ4n) is 2.34. The summed E-state index contributed by atoms with van der Waals surface area (Å²) in [4.78, 5) is 24.7. The second-order valence-corrected chi connectivity index (χ2v) is 6.00. The van der Waals surface area contributed by atoms with E-state index in [0.29, 0.717) is 25.2 Å². The number of amides is 1. The van der Waals surface area contributed by atoms with Gasteiger partial charge in [0.25, 0.3) is 0 Å². The van der Waals surface area contributed by atoms with Crippen molar-refractivity contribution >= 4 is 23.6 Å². The third-order valence-corrected chi connectivity index (χ3v) is 4.66. The van der Waals surface area contributed by atoms with Crippen molar-refractivity contribution in [3.05, 3.63) is 29.8 Å². The minimum Gasteiger partial charge on any atom is -0.480 e. The Hall–Kier alpha value is -1.53. The Labute approximate surface area is 128 Å². The summed E-state index contributed by atoms with van der Waals surface area (Å²) in [6.45, 7) is 0.488. The van der Waals surface area contributed by atoms with E-state index in [9.17, 15) is 14.7 Å². The van der Waals surface area contributed by atoms with Gasteiger partial charge < -0.3 is 15.2 Å². The summed E-state index contributed by atoms with van der Waals surface area (Å²) in [7, 11) is 1.57. The molecule has 0 fully saturated rings. The lowest BCUT2D eigenvalue weighted by Crippen LogP contribution is -2.43. The number of hydrogen-bond acceptors (Lipinski definition) is 4. The fraction of sp³-hybridized carbons (Fsp3) is 0.467. The Morgan fingerprint density at radius 2 is 2.24 bits per heavy atom. The number of benzene rings is 1. The summed E-state index contributed by atoms with van der Waals surface area (Å²) in [6, 6.07) is 6.90. The van der Waals surface area contributed by atoms with Crippen LogP contribution in [0.3, 0.4) is 0 Å². The number of fused-ring (bicyclic) bond motifs is 1. The zero-order valence-electron chi connectivity index (χ0n) is 11.9. The van der Waals surface area contributed by atoms with Gasteiger partial charge in [0, 0.05) is 24.4 Å². The lowest BCUT2D eigenvalue weighted by Gasteiger charge is -2.17. The van der Waals surface area contributed by atoms with Gasteiger partial charge in [-0.05, 0) is 24.5 Å². The number of thioether (sulfide) groups is 1. The summed E-state index contributed by atoms with van der Waals surface area (Å²) in [5.41, 5.74) is 0.987. The molecule has 2 N–H and O–H groups in total. The molecule has 1 aromatic rings. The van der Waals surface area contributed by atoms with Crippen LogP contribution in [0.2, 0.25) is 0 Å². The Morgan fingerprint density at radius 1 is 1.48 bits per heavy atom. The van der Waals surface area contributed by atoms with Crippen LogP contribution in [0.15, 0.2) is 29.2 Å². The van der Waals surface area contributed by atoms with Gasteiger partial charge in [0.1, 0.15) is 6.04 Å². The summed E-state index contributed by atoms with van der Waals surface area (Å²) < 4.78 is 4.91. The molecular formula is C15H19NO4S. The van der Waals surface area contributed by atoms with Crippen LogP contribution >= 0.6 is 11.8 Å². The normalized spacial score (nSPS) is 18.0. The molecule has 2 rings (SSSR count). The van der Waals surface area contributed by atoms with E-state index in [1.54, 1.807) is 18.9 Å². The van der Waals surface area contributed by atoms with Crippen molar-refractivity contribution in [3.8, 4) is 0 Å². The molecule has 0 aliphatic carbocycles. The number of carbonyl (C=O) groups is 2. The molecular weight excluding hydrogens is 290 g/mol. The van der Waals surface area contributed by atoms with Gasteiger partial charge in [0.05, 0.1) is 5.92 Å². The van der Waals surface area contributed by atoms with Gasteiger partial charge in [0.2, 0.25) is 5.91 Å². The van der Waals surface area contributed by atoms with Gasteiger partial charge in [-0.2, -0.15) is 0 Å². The van der Waals surface area contributed by atoms with Crippen molar-refractivity contribution < 1.29 is 19.4 Å². The van der Waals surface area contributed by atoms with Gasteiger partial charge in [0.15, 0.2) is 0 Å². The summed E-state index contributed by atoms with van der Waals surface area (Å²) in [6.07, 6.45) is 0.972. The van der Waals surface area contributed by atoms with Gasteiger partial charge in [-0.3, -0.25) is 4.79 Å². The molecule has 1 amide bonds. The van der Waals surface area contributed by atoms with Crippen LogP contribution in [-0.2, 0) is 14.3 Å². The highest BCUT2D eigenvalue weighted by Crippen LogP contribution is 2.39. The maximum Gasteiger partial charge on any atom is 0.326 e. The average molecular weight is 309 g/mol. The first-order chi connectivity index (χ1) is 10.1. The molecule has 0 spiro atoms. The van der Waals surface area contributed by atoms with Crippen molar-refractivity contribution in [2.75, 3.05) is 19.5 Å². The SMILES string of the molecule is COCCCC(NC(=O)C1CSc2ccccc21)C(=O)O. The molecule has 6 heteroatoms. The lowest BCUT2D eigenvalue weighted by atomic mass is 10.00. The van der Waals surface area contributed by atoms with Crippen LogP contribution in [0.1, 0.15) is 24.3 Å². The second kappa shape index (κ2) is 7.47. The van der Waals surface area contributed by atoms with E-state index in [-0.39, 0.29) is 11.8 Å². The minimum atomic E-state index is -1.00. The Morgan fingerprint density at radius 3 is 2.95 bits per heavy atom. The zero-order valence-corrected chi connectivity index (χ0v) is 12.7. The Kier molecular flexibility index (Phi) is 5.64. The number of carboxylic acid groups (broad SMARTS) is 1. The molecule has 1 aromatic carbocycles. The van der Waals surface area contributed by atoms with E-state index in [4.69, 9.17) is 4.74 Å². The molecule has 0 bridgehead atoms. The molecule has 1 aliphatic rings. The number of aliphatic carboxylic acids is 1. The van der Waals surface area contributed by atoms with Crippen LogP contribution < -0.4 is 5.32 Å². The van der Waals surface area contributed by atoms with E-state index >= 15 is 0 Å². The molecule has 1 aliphatic heterocycles.